The number of rotatable bonds is 2. The number of Topliss-reactive ketones (excluding diaryl/α,β-unsaturated/α-hetero) is 2. The smallest absolute Gasteiger partial charge is 0.154 e. The van der Waals surface area contributed by atoms with Crippen LogP contribution in [0.2, 0.25) is 0 Å². The predicted octanol–water partition coefficient (Wildman–Crippen LogP) is 2.51. The molecule has 0 saturated carbocycles. The van der Waals surface area contributed by atoms with Crippen molar-refractivity contribution < 1.29 is 14.4 Å². The van der Waals surface area contributed by atoms with Gasteiger partial charge in [0.15, 0.2) is 11.6 Å². The van der Waals surface area contributed by atoms with Gasteiger partial charge >= 0.3 is 0 Å². The fraction of sp³-hybridized carbons (Fsp3) is 0.417. The van der Waals surface area contributed by atoms with Crippen LogP contribution in [0, 0.1) is 0 Å². The molecule has 0 radical (unpaired) electrons. The lowest BCUT2D eigenvalue weighted by Gasteiger charge is -1.80. The molecule has 0 spiro atoms. The topological polar surface area (TPSA) is 51.2 Å². The average molecular weight is 212 g/mol. The normalized spacial score (nSPS) is 7.00. The van der Waals surface area contributed by atoms with Crippen LogP contribution in [0.3, 0.4) is 0 Å². The summed E-state index contributed by atoms with van der Waals surface area (Å²) in [5, 5.41) is 0. The van der Waals surface area contributed by atoms with Gasteiger partial charge in [-0.1, -0.05) is 13.2 Å². The van der Waals surface area contributed by atoms with Gasteiger partial charge in [-0.15, -0.1) is 0 Å². The summed E-state index contributed by atoms with van der Waals surface area (Å²) >= 11 is 0. The molecule has 0 rings (SSSR count). The number of hydrogen-bond donors (Lipinski definition) is 0. The van der Waals surface area contributed by atoms with Crippen molar-refractivity contribution in [2.45, 2.75) is 34.6 Å². The van der Waals surface area contributed by atoms with Crippen LogP contribution in [-0.2, 0) is 14.4 Å². The van der Waals surface area contributed by atoms with Crippen LogP contribution in [0.15, 0.2) is 24.8 Å². The molecule has 0 saturated heterocycles. The van der Waals surface area contributed by atoms with Crippen molar-refractivity contribution in [3.63, 3.8) is 0 Å². The Balaban J connectivity index is -0.000000147. The third kappa shape index (κ3) is 68.2. The molecule has 0 aromatic heterocycles. The summed E-state index contributed by atoms with van der Waals surface area (Å²) in [5.41, 5.74) is 0.620. The molecule has 86 valence electrons. The van der Waals surface area contributed by atoms with Crippen LogP contribution in [-0.4, -0.2) is 17.3 Å². The number of ketones is 3. The standard InChI is InChI=1S/C5H8O.C4H6O.C3H6O/c1-4(2)5(3)6;1-3-4(2)5;1-3(2)4/h1H2,2-3H3;3H,1H2,2H3;1-2H3. The highest BCUT2D eigenvalue weighted by Gasteiger charge is 1.85. The van der Waals surface area contributed by atoms with E-state index in [1.54, 1.807) is 6.92 Å². The Hall–Kier alpha value is -1.51. The Labute approximate surface area is 91.9 Å². The molecule has 0 aliphatic heterocycles. The molecule has 0 aromatic carbocycles. The number of carbonyl (C=O) groups excluding carboxylic acids is 3. The predicted molar refractivity (Wildman–Crippen MR) is 62.7 cm³/mol. The second-order valence-corrected chi connectivity index (χ2v) is 3.06. The minimum absolute atomic E-state index is 0.0185. The first kappa shape index (κ1) is 19.1. The van der Waals surface area contributed by atoms with Crippen molar-refractivity contribution in [3.8, 4) is 0 Å². The molecule has 0 atom stereocenters. The molecule has 0 N–H and O–H groups in total. The van der Waals surface area contributed by atoms with E-state index in [0.29, 0.717) is 5.57 Å². The summed E-state index contributed by atoms with van der Waals surface area (Å²) in [7, 11) is 0. The van der Waals surface area contributed by atoms with E-state index in [2.05, 4.69) is 13.2 Å². The van der Waals surface area contributed by atoms with Gasteiger partial charge in [-0.05, 0) is 46.3 Å². The molecule has 0 heterocycles. The van der Waals surface area contributed by atoms with Gasteiger partial charge in [0.05, 0.1) is 0 Å². The molecule has 3 heteroatoms. The van der Waals surface area contributed by atoms with E-state index in [-0.39, 0.29) is 17.3 Å². The van der Waals surface area contributed by atoms with Gasteiger partial charge in [0, 0.05) is 0 Å². The van der Waals surface area contributed by atoms with Gasteiger partial charge in [-0.2, -0.15) is 0 Å². The molecule has 0 aliphatic rings. The van der Waals surface area contributed by atoms with Crippen molar-refractivity contribution in [2.75, 3.05) is 0 Å². The molecule has 0 aromatic rings. The van der Waals surface area contributed by atoms with Crippen molar-refractivity contribution in [1.82, 2.24) is 0 Å². The maximum absolute atomic E-state index is 10.0. The van der Waals surface area contributed by atoms with E-state index >= 15 is 0 Å². The fourth-order valence-corrected chi connectivity index (χ4v) is 0. The minimum atomic E-state index is 0.0185. The lowest BCUT2D eigenvalue weighted by Crippen LogP contribution is -1.86. The first-order valence-corrected chi connectivity index (χ1v) is 4.41. The molecule has 3 nitrogen and oxygen atoms in total. The summed E-state index contributed by atoms with van der Waals surface area (Å²) in [6.07, 6.45) is 1.28. The largest absolute Gasteiger partial charge is 0.300 e. The number of carbonyl (C=O) groups is 3. The van der Waals surface area contributed by atoms with Gasteiger partial charge < -0.3 is 4.79 Å². The summed E-state index contributed by atoms with van der Waals surface area (Å²) in [4.78, 5) is 29.2. The van der Waals surface area contributed by atoms with Gasteiger partial charge in [0.25, 0.3) is 0 Å². The first-order chi connectivity index (χ1) is 6.64. The summed E-state index contributed by atoms with van der Waals surface area (Å²) < 4.78 is 0. The Kier molecular flexibility index (Phi) is 15.9. The monoisotopic (exact) mass is 212 g/mol. The quantitative estimate of drug-likeness (QED) is 0.661. The first-order valence-electron chi connectivity index (χ1n) is 4.41. The van der Waals surface area contributed by atoms with Gasteiger partial charge in [0.1, 0.15) is 5.78 Å². The molecule has 0 fully saturated rings. The zero-order chi connectivity index (χ0) is 13.0. The minimum Gasteiger partial charge on any atom is -0.300 e. The van der Waals surface area contributed by atoms with Crippen LogP contribution in [0.1, 0.15) is 34.6 Å². The highest BCUT2D eigenvalue weighted by Crippen LogP contribution is 1.84. The van der Waals surface area contributed by atoms with E-state index in [1.165, 1.54) is 33.8 Å². The summed E-state index contributed by atoms with van der Waals surface area (Å²) in [6.45, 7) is 14.3. The molecular formula is C12H20O3. The van der Waals surface area contributed by atoms with E-state index in [1.807, 2.05) is 0 Å². The van der Waals surface area contributed by atoms with E-state index in [9.17, 15) is 14.4 Å². The van der Waals surface area contributed by atoms with Crippen LogP contribution in [0.5, 0.6) is 0 Å². The van der Waals surface area contributed by atoms with Gasteiger partial charge in [0.2, 0.25) is 0 Å². The van der Waals surface area contributed by atoms with E-state index < -0.39 is 0 Å². The van der Waals surface area contributed by atoms with Gasteiger partial charge in [-0.3, -0.25) is 9.59 Å². The molecule has 0 bridgehead atoms. The van der Waals surface area contributed by atoms with E-state index in [0.717, 1.165) is 0 Å². The number of allylic oxidation sites excluding steroid dienone is 2. The molecule has 0 amide bonds. The summed E-state index contributed by atoms with van der Waals surface area (Å²) in [6, 6.07) is 0. The second-order valence-electron chi connectivity index (χ2n) is 3.06. The Morgan fingerprint density at radius 1 is 0.933 bits per heavy atom. The lowest BCUT2D eigenvalue weighted by atomic mass is 10.3. The maximum Gasteiger partial charge on any atom is 0.154 e. The Morgan fingerprint density at radius 3 is 1.07 bits per heavy atom. The zero-order valence-corrected chi connectivity index (χ0v) is 10.2. The third-order valence-electron chi connectivity index (χ3n) is 0.888. The molecular weight excluding hydrogens is 192 g/mol. The van der Waals surface area contributed by atoms with Crippen molar-refractivity contribution in [1.29, 1.82) is 0 Å². The SMILES string of the molecule is C=C(C)C(C)=O.C=CC(C)=O.CC(C)=O. The lowest BCUT2D eigenvalue weighted by molar-refractivity contribution is -0.115. The fourth-order valence-electron chi connectivity index (χ4n) is 0. The molecule has 0 aliphatic carbocycles. The van der Waals surface area contributed by atoms with Crippen LogP contribution >= 0.6 is 0 Å². The third-order valence-corrected chi connectivity index (χ3v) is 0.888. The zero-order valence-electron chi connectivity index (χ0n) is 10.2. The maximum atomic E-state index is 10.0. The number of hydrogen-bond acceptors (Lipinski definition) is 3. The van der Waals surface area contributed by atoms with Crippen molar-refractivity contribution >= 4 is 17.3 Å². The molecule has 15 heavy (non-hydrogen) atoms. The van der Waals surface area contributed by atoms with Crippen LogP contribution in [0.4, 0.5) is 0 Å². The van der Waals surface area contributed by atoms with Gasteiger partial charge in [-0.25, -0.2) is 0 Å². The highest BCUT2D eigenvalue weighted by atomic mass is 16.1. The van der Waals surface area contributed by atoms with Crippen molar-refractivity contribution in [3.05, 3.63) is 24.8 Å². The average Bonchev–Trinajstić information content (AvgIpc) is 2.04. The molecule has 0 unspecified atom stereocenters. The Bertz CT molecular complexity index is 234. The van der Waals surface area contributed by atoms with Crippen LogP contribution < -0.4 is 0 Å². The van der Waals surface area contributed by atoms with Crippen molar-refractivity contribution in [2.24, 2.45) is 0 Å². The second kappa shape index (κ2) is 12.5. The Morgan fingerprint density at radius 2 is 1.07 bits per heavy atom. The van der Waals surface area contributed by atoms with Crippen LogP contribution in [0.25, 0.3) is 0 Å². The summed E-state index contributed by atoms with van der Waals surface area (Å²) in [5.74, 6) is 0.250. The van der Waals surface area contributed by atoms with E-state index in [4.69, 9.17) is 0 Å². The highest BCUT2D eigenvalue weighted by molar-refractivity contribution is 5.91.